The van der Waals surface area contributed by atoms with E-state index < -0.39 is 10.2 Å². The van der Waals surface area contributed by atoms with E-state index in [1.165, 1.54) is 0 Å². The molecular weight excluding hydrogens is 168 g/mol. The molecule has 0 radical (unpaired) electrons. The molecule has 0 aromatic carbocycles. The van der Waals surface area contributed by atoms with Crippen LogP contribution in [0.5, 0.6) is 0 Å². The maximum absolute atomic E-state index is 10.2. The average Bonchev–Trinajstić information content (AvgIpc) is 2.12. The van der Waals surface area contributed by atoms with Crippen LogP contribution < -0.4 is 10.3 Å². The maximum atomic E-state index is 10.2. The van der Waals surface area contributed by atoms with Crippen LogP contribution in [0.2, 0.25) is 0 Å². The first kappa shape index (κ1) is 10.5. The molecule has 1 aliphatic carbocycles. The lowest BCUT2D eigenvalue weighted by molar-refractivity contribution is -0.117. The van der Waals surface area contributed by atoms with Crippen molar-refractivity contribution in [3.63, 3.8) is 0 Å². The fourth-order valence-corrected chi connectivity index (χ4v) is 0.769. The van der Waals surface area contributed by atoms with Gasteiger partial charge < -0.3 is 0 Å². The zero-order valence-corrected chi connectivity index (χ0v) is 6.93. The van der Waals surface area contributed by atoms with Crippen molar-refractivity contribution >= 4 is 16.0 Å². The van der Waals surface area contributed by atoms with E-state index in [4.69, 9.17) is 0 Å². The molecule has 0 amide bonds. The highest BCUT2D eigenvalue weighted by Gasteiger charge is 2.07. The highest BCUT2D eigenvalue weighted by atomic mass is 32.2. The first-order valence-electron chi connectivity index (χ1n) is 3.22. The molecule has 0 aliphatic heterocycles. The molecule has 0 atom stereocenters. The van der Waals surface area contributed by atoms with E-state index in [9.17, 15) is 13.2 Å². The van der Waals surface area contributed by atoms with Crippen LogP contribution in [0.25, 0.3) is 0 Å². The third kappa shape index (κ3) is 12.7. The van der Waals surface area contributed by atoms with Gasteiger partial charge >= 0.3 is 0 Å². The van der Waals surface area contributed by atoms with E-state index in [-0.39, 0.29) is 0 Å². The van der Waals surface area contributed by atoms with Crippen molar-refractivity contribution in [1.82, 2.24) is 0 Å². The van der Waals surface area contributed by atoms with Crippen LogP contribution in [0.15, 0.2) is 0 Å². The molecule has 0 saturated heterocycles. The maximum Gasteiger partial charge on any atom is 0.271 e. The van der Waals surface area contributed by atoms with Gasteiger partial charge in [0.2, 0.25) is 0 Å². The largest absolute Gasteiger partial charge is 0.300 e. The first-order valence-corrected chi connectivity index (χ1v) is 4.83. The van der Waals surface area contributed by atoms with Crippen LogP contribution in [0.1, 0.15) is 25.7 Å². The van der Waals surface area contributed by atoms with Crippen LogP contribution in [0, 0.1) is 0 Å². The minimum Gasteiger partial charge on any atom is -0.300 e. The lowest BCUT2D eigenvalue weighted by Gasteiger charge is -1.72. The van der Waals surface area contributed by atoms with Gasteiger partial charge in [0.1, 0.15) is 5.78 Å². The lowest BCUT2D eigenvalue weighted by Crippen LogP contribution is -2.21. The minimum absolute atomic E-state index is 0.454. The van der Waals surface area contributed by atoms with Gasteiger partial charge in [-0.15, -0.1) is 0 Å². The van der Waals surface area contributed by atoms with Crippen molar-refractivity contribution in [3.05, 3.63) is 0 Å². The third-order valence-electron chi connectivity index (χ3n) is 1.16. The van der Waals surface area contributed by atoms with Crippen molar-refractivity contribution < 1.29 is 13.2 Å². The summed E-state index contributed by atoms with van der Waals surface area (Å²) in [7, 11) is -3.67. The van der Waals surface area contributed by atoms with Crippen LogP contribution >= 0.6 is 0 Å². The fraction of sp³-hybridized carbons (Fsp3) is 0.800. The summed E-state index contributed by atoms with van der Waals surface area (Å²) >= 11 is 0. The molecule has 6 heteroatoms. The average molecular weight is 180 g/mol. The van der Waals surface area contributed by atoms with Gasteiger partial charge in [0.05, 0.1) is 0 Å². The Balaban J connectivity index is 0.000000187. The molecule has 5 nitrogen and oxygen atoms in total. The number of rotatable bonds is 0. The monoisotopic (exact) mass is 180 g/mol. The van der Waals surface area contributed by atoms with Crippen molar-refractivity contribution in [2.24, 2.45) is 10.3 Å². The van der Waals surface area contributed by atoms with Gasteiger partial charge in [0.25, 0.3) is 10.2 Å². The second-order valence-corrected chi connectivity index (χ2v) is 3.51. The number of Topliss-reactive ketones (excluding diaryl/α,β-unsaturated/α-hetero) is 1. The molecule has 1 saturated carbocycles. The summed E-state index contributed by atoms with van der Waals surface area (Å²) in [5, 5.41) is 8.21. The molecule has 1 rings (SSSR count). The van der Waals surface area contributed by atoms with Gasteiger partial charge in [-0.2, -0.15) is 8.42 Å². The summed E-state index contributed by atoms with van der Waals surface area (Å²) < 4.78 is 18.4. The van der Waals surface area contributed by atoms with E-state index in [1.54, 1.807) is 0 Å². The Labute approximate surface area is 65.9 Å². The van der Waals surface area contributed by atoms with Crippen LogP contribution in [0.3, 0.4) is 0 Å². The van der Waals surface area contributed by atoms with E-state index in [1.807, 2.05) is 0 Å². The summed E-state index contributed by atoms with van der Waals surface area (Å²) in [4.78, 5) is 10.2. The Kier molecular flexibility index (Phi) is 4.24. The molecule has 0 unspecified atom stereocenters. The van der Waals surface area contributed by atoms with E-state index >= 15 is 0 Å². The standard InChI is InChI=1S/C5H8O.H4N2O2S/c6-5-3-1-2-4-5;1-5(2,3)4/h1-4H2;(H4,1,2,3,4). The van der Waals surface area contributed by atoms with E-state index in [2.05, 4.69) is 10.3 Å². The molecule has 11 heavy (non-hydrogen) atoms. The molecule has 1 fully saturated rings. The van der Waals surface area contributed by atoms with E-state index in [0.29, 0.717) is 5.78 Å². The molecular formula is C5H12N2O3S. The number of ketones is 1. The summed E-state index contributed by atoms with van der Waals surface area (Å²) in [6, 6.07) is 0. The normalized spacial score (nSPS) is 17.5. The van der Waals surface area contributed by atoms with Gasteiger partial charge in [-0.05, 0) is 12.8 Å². The molecule has 0 bridgehead atoms. The topological polar surface area (TPSA) is 103 Å². The molecule has 66 valence electrons. The van der Waals surface area contributed by atoms with Crippen LogP contribution in [-0.2, 0) is 15.0 Å². The molecule has 0 aromatic heterocycles. The summed E-state index contributed by atoms with van der Waals surface area (Å²) in [6.07, 6.45) is 3.97. The van der Waals surface area contributed by atoms with Gasteiger partial charge in [-0.25, -0.2) is 10.3 Å². The molecule has 0 spiro atoms. The Morgan fingerprint density at radius 1 is 1.09 bits per heavy atom. The second kappa shape index (κ2) is 4.42. The van der Waals surface area contributed by atoms with Crippen molar-refractivity contribution in [2.75, 3.05) is 0 Å². The fourth-order valence-electron chi connectivity index (χ4n) is 0.769. The Hall–Kier alpha value is -0.460. The number of carbonyl (C=O) groups excluding carboxylic acids is 1. The second-order valence-electron chi connectivity index (χ2n) is 2.33. The number of hydrogen-bond donors (Lipinski definition) is 2. The Morgan fingerprint density at radius 3 is 1.45 bits per heavy atom. The zero-order valence-electron chi connectivity index (χ0n) is 6.12. The smallest absolute Gasteiger partial charge is 0.271 e. The van der Waals surface area contributed by atoms with Gasteiger partial charge in [0, 0.05) is 12.8 Å². The summed E-state index contributed by atoms with van der Waals surface area (Å²) in [6.45, 7) is 0. The first-order chi connectivity index (χ1) is 4.89. The summed E-state index contributed by atoms with van der Waals surface area (Å²) in [5.74, 6) is 0.454. The quantitative estimate of drug-likeness (QED) is 0.514. The predicted octanol–water partition coefficient (Wildman–Crippen LogP) is -0.722. The van der Waals surface area contributed by atoms with Crippen molar-refractivity contribution in [1.29, 1.82) is 0 Å². The number of carbonyl (C=O) groups is 1. The highest BCUT2D eigenvalue weighted by molar-refractivity contribution is 7.86. The zero-order chi connectivity index (χ0) is 8.91. The van der Waals surface area contributed by atoms with E-state index in [0.717, 1.165) is 25.7 Å². The Bertz CT molecular complexity index is 206. The Morgan fingerprint density at radius 2 is 1.36 bits per heavy atom. The van der Waals surface area contributed by atoms with Gasteiger partial charge in [-0.3, -0.25) is 4.79 Å². The van der Waals surface area contributed by atoms with Crippen molar-refractivity contribution in [3.8, 4) is 0 Å². The van der Waals surface area contributed by atoms with Crippen LogP contribution in [0.4, 0.5) is 0 Å². The minimum atomic E-state index is -3.67. The molecule has 0 heterocycles. The lowest BCUT2D eigenvalue weighted by atomic mass is 10.4. The summed E-state index contributed by atoms with van der Waals surface area (Å²) in [5.41, 5.74) is 0. The number of hydrogen-bond acceptors (Lipinski definition) is 3. The highest BCUT2D eigenvalue weighted by Crippen LogP contribution is 2.11. The van der Waals surface area contributed by atoms with Gasteiger partial charge in [0.15, 0.2) is 0 Å². The van der Waals surface area contributed by atoms with Gasteiger partial charge in [-0.1, -0.05) is 0 Å². The van der Waals surface area contributed by atoms with Crippen molar-refractivity contribution in [2.45, 2.75) is 25.7 Å². The predicted molar refractivity (Wildman–Crippen MR) is 40.8 cm³/mol. The molecule has 0 aromatic rings. The van der Waals surface area contributed by atoms with Crippen LogP contribution in [-0.4, -0.2) is 14.2 Å². The SMILES string of the molecule is NS(N)(=O)=O.O=C1CCCC1. The molecule has 4 N–H and O–H groups in total. The molecule has 1 aliphatic rings. The number of nitrogens with two attached hydrogens (primary N) is 2. The third-order valence-corrected chi connectivity index (χ3v) is 1.16.